The summed E-state index contributed by atoms with van der Waals surface area (Å²) in [6, 6.07) is 5.22. The molecule has 1 aliphatic rings. The predicted molar refractivity (Wildman–Crippen MR) is 134 cm³/mol. The minimum absolute atomic E-state index is 0.00907. The van der Waals surface area contributed by atoms with Crippen molar-refractivity contribution in [2.45, 2.75) is 36.9 Å². The van der Waals surface area contributed by atoms with Crippen LogP contribution in [0.4, 0.5) is 4.39 Å². The quantitative estimate of drug-likeness (QED) is 0.335. The van der Waals surface area contributed by atoms with Gasteiger partial charge in [0.2, 0.25) is 10.0 Å². The average molecular weight is 546 g/mol. The highest BCUT2D eigenvalue weighted by Crippen LogP contribution is 2.43. The number of nitrogens with zero attached hydrogens (tertiary/aromatic N) is 6. The smallest absolute Gasteiger partial charge is 0.212 e. The van der Waals surface area contributed by atoms with Gasteiger partial charge in [0, 0.05) is 11.3 Å². The lowest BCUT2D eigenvalue weighted by Crippen LogP contribution is -2.34. The number of thiazole rings is 1. The number of nitrogens with two attached hydrogens (primary N) is 1. The summed E-state index contributed by atoms with van der Waals surface area (Å²) in [5.74, 6) is -0.0221. The van der Waals surface area contributed by atoms with E-state index in [4.69, 9.17) is 19.6 Å². The Morgan fingerprint density at radius 3 is 2.35 bits per heavy atom. The lowest BCUT2D eigenvalue weighted by Gasteiger charge is -2.23. The summed E-state index contributed by atoms with van der Waals surface area (Å²) in [5, 5.41) is 15.7. The van der Waals surface area contributed by atoms with E-state index in [0.717, 1.165) is 30.9 Å². The van der Waals surface area contributed by atoms with Crippen LogP contribution >= 0.6 is 11.3 Å². The van der Waals surface area contributed by atoms with Crippen LogP contribution in [0.25, 0.3) is 16.5 Å². The maximum Gasteiger partial charge on any atom is 0.212 e. The van der Waals surface area contributed by atoms with E-state index in [2.05, 4.69) is 20.2 Å². The fourth-order valence-corrected chi connectivity index (χ4v) is 5.57. The van der Waals surface area contributed by atoms with Crippen molar-refractivity contribution in [3.05, 3.63) is 59.1 Å². The molecular weight excluding hydrogens is 521 g/mol. The van der Waals surface area contributed by atoms with Crippen molar-refractivity contribution in [1.82, 2.24) is 29.7 Å². The molecule has 5 rings (SSSR count). The van der Waals surface area contributed by atoms with Gasteiger partial charge in [0.05, 0.1) is 43.5 Å². The van der Waals surface area contributed by atoms with Gasteiger partial charge in [-0.3, -0.25) is 4.57 Å². The molecule has 3 aromatic heterocycles. The lowest BCUT2D eigenvalue weighted by atomic mass is 10.0. The summed E-state index contributed by atoms with van der Waals surface area (Å²) in [6.07, 6.45) is 4.08. The van der Waals surface area contributed by atoms with Gasteiger partial charge in [0.15, 0.2) is 16.6 Å². The van der Waals surface area contributed by atoms with Crippen molar-refractivity contribution in [3.8, 4) is 28.0 Å². The molecule has 14 heteroatoms. The maximum absolute atomic E-state index is 13.7. The first kappa shape index (κ1) is 25.2. The Morgan fingerprint density at radius 1 is 1.14 bits per heavy atom. The van der Waals surface area contributed by atoms with Crippen molar-refractivity contribution in [1.29, 1.82) is 0 Å². The van der Waals surface area contributed by atoms with Gasteiger partial charge in [-0.2, -0.15) is 0 Å². The number of sulfonamides is 1. The van der Waals surface area contributed by atoms with Gasteiger partial charge < -0.3 is 9.47 Å². The molecule has 11 nitrogen and oxygen atoms in total. The second-order valence-corrected chi connectivity index (χ2v) is 11.4. The molecule has 0 amide bonds. The first-order valence-corrected chi connectivity index (χ1v) is 13.8. The molecule has 4 aromatic rings. The first-order chi connectivity index (χ1) is 17.7. The van der Waals surface area contributed by atoms with E-state index in [0.29, 0.717) is 33.9 Å². The summed E-state index contributed by atoms with van der Waals surface area (Å²) < 4.78 is 51.7. The molecule has 194 valence electrons. The highest BCUT2D eigenvalue weighted by atomic mass is 32.2. The zero-order valence-electron chi connectivity index (χ0n) is 20.2. The molecule has 0 aliphatic heterocycles. The van der Waals surface area contributed by atoms with Crippen LogP contribution in [0.3, 0.4) is 0 Å². The Bertz CT molecular complexity index is 1510. The molecule has 2 atom stereocenters. The third-order valence-corrected chi connectivity index (χ3v) is 8.37. The number of rotatable bonds is 9. The van der Waals surface area contributed by atoms with Crippen molar-refractivity contribution < 1.29 is 22.3 Å². The highest BCUT2D eigenvalue weighted by Gasteiger charge is 2.38. The molecule has 0 saturated heterocycles. The van der Waals surface area contributed by atoms with Gasteiger partial charge in [0.25, 0.3) is 0 Å². The molecule has 2 unspecified atom stereocenters. The van der Waals surface area contributed by atoms with Crippen LogP contribution < -0.4 is 14.6 Å². The zero-order chi connectivity index (χ0) is 26.3. The van der Waals surface area contributed by atoms with Crippen LogP contribution in [0.15, 0.2) is 36.0 Å². The van der Waals surface area contributed by atoms with Crippen molar-refractivity contribution in [2.75, 3.05) is 14.2 Å². The number of ether oxygens (including phenoxy) is 2. The number of hydrogen-bond donors (Lipinski definition) is 1. The molecule has 2 N–H and O–H groups in total. The average Bonchev–Trinajstić information content (AvgIpc) is 3.46. The number of hydrogen-bond acceptors (Lipinski definition) is 10. The SMILES string of the molecule is COc1cccc(OC)c1-n1c(-c2nc(C3CC3)cs2)nnc1C(c1ncc(F)cn1)C(C)S(N)(=O)=O. The van der Waals surface area contributed by atoms with E-state index in [9.17, 15) is 12.8 Å². The molecule has 1 fully saturated rings. The van der Waals surface area contributed by atoms with Gasteiger partial charge >= 0.3 is 0 Å². The third-order valence-electron chi connectivity index (χ3n) is 6.21. The van der Waals surface area contributed by atoms with E-state index < -0.39 is 27.0 Å². The summed E-state index contributed by atoms with van der Waals surface area (Å²) in [4.78, 5) is 12.9. The minimum Gasteiger partial charge on any atom is -0.494 e. The summed E-state index contributed by atoms with van der Waals surface area (Å²) in [5.41, 5.74) is 1.40. The fraction of sp³-hybridized carbons (Fsp3) is 0.348. The van der Waals surface area contributed by atoms with E-state index in [1.165, 1.54) is 32.5 Å². The van der Waals surface area contributed by atoms with Gasteiger partial charge in [0.1, 0.15) is 28.8 Å². The van der Waals surface area contributed by atoms with E-state index in [1.807, 2.05) is 5.38 Å². The van der Waals surface area contributed by atoms with E-state index >= 15 is 0 Å². The zero-order valence-corrected chi connectivity index (χ0v) is 21.8. The fourth-order valence-electron chi connectivity index (χ4n) is 4.07. The Kier molecular flexibility index (Phi) is 6.64. The normalized spacial score (nSPS) is 15.4. The Hall–Kier alpha value is -3.49. The van der Waals surface area contributed by atoms with Gasteiger partial charge in [-0.25, -0.2) is 32.9 Å². The predicted octanol–water partition coefficient (Wildman–Crippen LogP) is 3.02. The second kappa shape index (κ2) is 9.76. The molecule has 37 heavy (non-hydrogen) atoms. The van der Waals surface area contributed by atoms with Gasteiger partial charge in [-0.1, -0.05) is 6.07 Å². The molecule has 1 aromatic carbocycles. The molecule has 1 saturated carbocycles. The topological polar surface area (TPSA) is 148 Å². The minimum atomic E-state index is -4.12. The van der Waals surface area contributed by atoms with E-state index in [-0.39, 0.29) is 11.6 Å². The summed E-state index contributed by atoms with van der Waals surface area (Å²) in [7, 11) is -1.12. The summed E-state index contributed by atoms with van der Waals surface area (Å²) >= 11 is 1.40. The van der Waals surface area contributed by atoms with Crippen molar-refractivity contribution in [2.24, 2.45) is 5.14 Å². The van der Waals surface area contributed by atoms with Gasteiger partial charge in [-0.05, 0) is 31.9 Å². The third kappa shape index (κ3) is 4.79. The van der Waals surface area contributed by atoms with Crippen LogP contribution in [-0.2, 0) is 10.0 Å². The standard InChI is InChI=1S/C23H24FN7O4S2/c1-12(37(25,32)33)18(20-26-9-14(24)10-27-20)21-29-30-22(23-28-15(11-36-23)13-7-8-13)31(21)19-16(34-2)5-4-6-17(19)35-3/h4-6,9-13,18H,7-8H2,1-3H3,(H2,25,32,33). The highest BCUT2D eigenvalue weighted by molar-refractivity contribution is 7.89. The monoisotopic (exact) mass is 545 g/mol. The van der Waals surface area contributed by atoms with Crippen molar-refractivity contribution in [3.63, 3.8) is 0 Å². The van der Waals surface area contributed by atoms with Crippen LogP contribution in [0.5, 0.6) is 11.5 Å². The molecule has 0 spiro atoms. The van der Waals surface area contributed by atoms with Crippen LogP contribution in [0.2, 0.25) is 0 Å². The number of primary sulfonamides is 1. The maximum atomic E-state index is 13.7. The molecule has 1 aliphatic carbocycles. The van der Waals surface area contributed by atoms with E-state index in [1.54, 1.807) is 22.8 Å². The number of halogens is 1. The first-order valence-electron chi connectivity index (χ1n) is 11.3. The van der Waals surface area contributed by atoms with Crippen LogP contribution in [0, 0.1) is 5.82 Å². The Labute approximate surface area is 216 Å². The number of aromatic nitrogens is 6. The molecule has 0 radical (unpaired) electrons. The second-order valence-electron chi connectivity index (χ2n) is 8.61. The van der Waals surface area contributed by atoms with Crippen molar-refractivity contribution >= 4 is 21.4 Å². The number of methoxy groups -OCH3 is 2. The molecule has 0 bridgehead atoms. The molecule has 3 heterocycles. The number of para-hydroxylation sites is 1. The largest absolute Gasteiger partial charge is 0.494 e. The summed E-state index contributed by atoms with van der Waals surface area (Å²) in [6.45, 7) is 1.42. The Morgan fingerprint density at radius 2 is 1.78 bits per heavy atom. The molecular formula is C23H24FN7O4S2. The van der Waals surface area contributed by atoms with Crippen LogP contribution in [-0.4, -0.2) is 57.6 Å². The Balaban J connectivity index is 1.81. The number of benzene rings is 1. The van der Waals surface area contributed by atoms with Gasteiger partial charge in [-0.15, -0.1) is 21.5 Å². The lowest BCUT2D eigenvalue weighted by molar-refractivity contribution is 0.390. The van der Waals surface area contributed by atoms with Crippen LogP contribution in [0.1, 0.15) is 48.9 Å².